The van der Waals surface area contributed by atoms with Crippen molar-refractivity contribution in [1.82, 2.24) is 9.97 Å². The van der Waals surface area contributed by atoms with Gasteiger partial charge in [0, 0.05) is 18.7 Å². The molecule has 2 aromatic rings. The fraction of sp³-hybridized carbons (Fsp3) is 0.353. The second-order valence-corrected chi connectivity index (χ2v) is 5.33. The van der Waals surface area contributed by atoms with Gasteiger partial charge in [0.15, 0.2) is 11.5 Å². The SMILES string of the molecule is COC(=O)c1cnc(N2CCCCC2)c(-c2ccccc2)n1. The maximum atomic E-state index is 11.7. The number of benzene rings is 1. The van der Waals surface area contributed by atoms with Crippen LogP contribution in [0, 0.1) is 0 Å². The Bertz CT molecular complexity index is 652. The third-order valence-corrected chi connectivity index (χ3v) is 3.85. The van der Waals surface area contributed by atoms with Crippen molar-refractivity contribution in [2.24, 2.45) is 0 Å². The van der Waals surface area contributed by atoms with Crippen molar-refractivity contribution in [3.63, 3.8) is 0 Å². The van der Waals surface area contributed by atoms with E-state index < -0.39 is 5.97 Å². The monoisotopic (exact) mass is 297 g/mol. The van der Waals surface area contributed by atoms with Crippen LogP contribution in [-0.2, 0) is 4.74 Å². The number of aromatic nitrogens is 2. The second-order valence-electron chi connectivity index (χ2n) is 5.33. The molecule has 1 saturated heterocycles. The molecular weight excluding hydrogens is 278 g/mol. The van der Waals surface area contributed by atoms with E-state index in [9.17, 15) is 4.79 Å². The van der Waals surface area contributed by atoms with E-state index in [2.05, 4.69) is 14.9 Å². The predicted octanol–water partition coefficient (Wildman–Crippen LogP) is 2.92. The van der Waals surface area contributed by atoms with Gasteiger partial charge in [-0.2, -0.15) is 0 Å². The highest BCUT2D eigenvalue weighted by Crippen LogP contribution is 2.29. The van der Waals surface area contributed by atoms with Gasteiger partial charge in [-0.05, 0) is 19.3 Å². The predicted molar refractivity (Wildman–Crippen MR) is 84.9 cm³/mol. The maximum absolute atomic E-state index is 11.7. The first-order valence-corrected chi connectivity index (χ1v) is 7.55. The number of hydrogen-bond acceptors (Lipinski definition) is 5. The summed E-state index contributed by atoms with van der Waals surface area (Å²) in [5.41, 5.74) is 1.94. The molecule has 1 aliphatic rings. The highest BCUT2D eigenvalue weighted by Gasteiger charge is 2.20. The smallest absolute Gasteiger partial charge is 0.358 e. The van der Waals surface area contributed by atoms with Gasteiger partial charge in [-0.1, -0.05) is 30.3 Å². The number of rotatable bonds is 3. The second kappa shape index (κ2) is 6.56. The molecule has 0 spiro atoms. The Kier molecular flexibility index (Phi) is 4.32. The van der Waals surface area contributed by atoms with Crippen LogP contribution in [0.1, 0.15) is 29.8 Å². The van der Waals surface area contributed by atoms with E-state index in [1.807, 2.05) is 30.3 Å². The summed E-state index contributed by atoms with van der Waals surface area (Å²) in [5.74, 6) is 0.383. The molecule has 22 heavy (non-hydrogen) atoms. The molecule has 1 aliphatic heterocycles. The Morgan fingerprint density at radius 2 is 1.86 bits per heavy atom. The number of esters is 1. The van der Waals surface area contributed by atoms with E-state index >= 15 is 0 Å². The van der Waals surface area contributed by atoms with Gasteiger partial charge < -0.3 is 9.64 Å². The zero-order valence-corrected chi connectivity index (χ0v) is 12.7. The average molecular weight is 297 g/mol. The molecular formula is C17H19N3O2. The van der Waals surface area contributed by atoms with Gasteiger partial charge in [0.25, 0.3) is 0 Å². The summed E-state index contributed by atoms with van der Waals surface area (Å²) >= 11 is 0. The first-order chi connectivity index (χ1) is 10.8. The van der Waals surface area contributed by atoms with Crippen molar-refractivity contribution in [1.29, 1.82) is 0 Å². The van der Waals surface area contributed by atoms with Crippen LogP contribution in [0.15, 0.2) is 36.5 Å². The van der Waals surface area contributed by atoms with E-state index in [0.717, 1.165) is 43.0 Å². The topological polar surface area (TPSA) is 55.3 Å². The Morgan fingerprint density at radius 3 is 2.55 bits per heavy atom. The fourth-order valence-corrected chi connectivity index (χ4v) is 2.71. The standard InChI is InChI=1S/C17H19N3O2/c1-22-17(21)14-12-18-16(20-10-6-3-7-11-20)15(19-14)13-8-4-2-5-9-13/h2,4-5,8-9,12H,3,6-7,10-11H2,1H3. The number of piperidine rings is 1. The Balaban J connectivity index is 2.06. The summed E-state index contributed by atoms with van der Waals surface area (Å²) in [6.07, 6.45) is 5.08. The molecule has 1 aromatic heterocycles. The molecule has 1 aromatic carbocycles. The van der Waals surface area contributed by atoms with Gasteiger partial charge in [-0.25, -0.2) is 14.8 Å². The minimum absolute atomic E-state index is 0.238. The largest absolute Gasteiger partial charge is 0.464 e. The number of carbonyl (C=O) groups excluding carboxylic acids is 1. The van der Waals surface area contributed by atoms with E-state index in [1.54, 1.807) is 0 Å². The third-order valence-electron chi connectivity index (χ3n) is 3.85. The van der Waals surface area contributed by atoms with Crippen molar-refractivity contribution < 1.29 is 9.53 Å². The summed E-state index contributed by atoms with van der Waals surface area (Å²) in [7, 11) is 1.35. The van der Waals surface area contributed by atoms with Gasteiger partial charge in [0.1, 0.15) is 5.69 Å². The quantitative estimate of drug-likeness (QED) is 0.815. The number of nitrogens with zero attached hydrogens (tertiary/aromatic N) is 3. The normalized spacial score (nSPS) is 14.7. The number of anilines is 1. The highest BCUT2D eigenvalue weighted by molar-refractivity contribution is 5.88. The van der Waals surface area contributed by atoms with E-state index in [-0.39, 0.29) is 5.69 Å². The zero-order valence-electron chi connectivity index (χ0n) is 12.7. The molecule has 0 amide bonds. The van der Waals surface area contributed by atoms with Crippen LogP contribution in [0.3, 0.4) is 0 Å². The van der Waals surface area contributed by atoms with Crippen LogP contribution in [0.2, 0.25) is 0 Å². The lowest BCUT2D eigenvalue weighted by molar-refractivity contribution is 0.0593. The number of carbonyl (C=O) groups is 1. The molecule has 0 saturated carbocycles. The third kappa shape index (κ3) is 2.93. The van der Waals surface area contributed by atoms with E-state index in [0.29, 0.717) is 0 Å². The minimum Gasteiger partial charge on any atom is -0.464 e. The summed E-state index contributed by atoms with van der Waals surface area (Å²) < 4.78 is 4.76. The minimum atomic E-state index is -0.463. The molecule has 0 radical (unpaired) electrons. The van der Waals surface area contributed by atoms with Crippen LogP contribution in [0.25, 0.3) is 11.3 Å². The van der Waals surface area contributed by atoms with Crippen LogP contribution < -0.4 is 4.90 Å². The van der Waals surface area contributed by atoms with Crippen LogP contribution in [0.5, 0.6) is 0 Å². The average Bonchev–Trinajstić information content (AvgIpc) is 2.62. The summed E-state index contributed by atoms with van der Waals surface area (Å²) in [6.45, 7) is 1.96. The van der Waals surface area contributed by atoms with Crippen LogP contribution in [-0.4, -0.2) is 36.1 Å². The maximum Gasteiger partial charge on any atom is 0.358 e. The Hall–Kier alpha value is -2.43. The van der Waals surface area contributed by atoms with Crippen molar-refractivity contribution in [2.75, 3.05) is 25.1 Å². The number of hydrogen-bond donors (Lipinski definition) is 0. The molecule has 0 N–H and O–H groups in total. The fourth-order valence-electron chi connectivity index (χ4n) is 2.71. The Labute approximate surface area is 130 Å². The Morgan fingerprint density at radius 1 is 1.14 bits per heavy atom. The van der Waals surface area contributed by atoms with Gasteiger partial charge in [-0.3, -0.25) is 0 Å². The zero-order chi connectivity index (χ0) is 15.4. The molecule has 3 rings (SSSR count). The lowest BCUT2D eigenvalue weighted by Crippen LogP contribution is -2.31. The number of ether oxygens (including phenoxy) is 1. The number of methoxy groups -OCH3 is 1. The summed E-state index contributed by atoms with van der Waals surface area (Å²) in [5, 5.41) is 0. The first-order valence-electron chi connectivity index (χ1n) is 7.55. The molecule has 0 aliphatic carbocycles. The van der Waals surface area contributed by atoms with Gasteiger partial charge >= 0.3 is 5.97 Å². The highest BCUT2D eigenvalue weighted by atomic mass is 16.5. The van der Waals surface area contributed by atoms with Crippen LogP contribution >= 0.6 is 0 Å². The van der Waals surface area contributed by atoms with Crippen molar-refractivity contribution >= 4 is 11.8 Å². The molecule has 0 unspecified atom stereocenters. The summed E-state index contributed by atoms with van der Waals surface area (Å²) in [6, 6.07) is 9.85. The molecule has 0 atom stereocenters. The van der Waals surface area contributed by atoms with Crippen LogP contribution in [0.4, 0.5) is 5.82 Å². The van der Waals surface area contributed by atoms with Crippen molar-refractivity contribution in [3.05, 3.63) is 42.2 Å². The summed E-state index contributed by atoms with van der Waals surface area (Å²) in [4.78, 5) is 23.0. The first kappa shape index (κ1) is 14.5. The van der Waals surface area contributed by atoms with E-state index in [4.69, 9.17) is 4.74 Å². The van der Waals surface area contributed by atoms with E-state index in [1.165, 1.54) is 19.7 Å². The van der Waals surface area contributed by atoms with Gasteiger partial charge in [0.2, 0.25) is 0 Å². The lowest BCUT2D eigenvalue weighted by atomic mass is 10.1. The molecule has 114 valence electrons. The van der Waals surface area contributed by atoms with Crippen molar-refractivity contribution in [2.45, 2.75) is 19.3 Å². The molecule has 0 bridgehead atoms. The van der Waals surface area contributed by atoms with Crippen molar-refractivity contribution in [3.8, 4) is 11.3 Å². The van der Waals surface area contributed by atoms with Gasteiger partial charge in [0.05, 0.1) is 13.3 Å². The molecule has 2 heterocycles. The molecule has 5 heteroatoms. The molecule has 1 fully saturated rings. The van der Waals surface area contributed by atoms with Gasteiger partial charge in [-0.15, -0.1) is 0 Å². The molecule has 5 nitrogen and oxygen atoms in total. The lowest BCUT2D eigenvalue weighted by Gasteiger charge is -2.29.